The fraction of sp³-hybridized carbons (Fsp3) is 0. The summed E-state index contributed by atoms with van der Waals surface area (Å²) in [4.78, 5) is 0. The largest absolute Gasteiger partial charge is 0.356 e. The van der Waals surface area contributed by atoms with Crippen LogP contribution in [-0.4, -0.2) is 0 Å². The highest BCUT2D eigenvalue weighted by Crippen LogP contribution is 2.26. The lowest BCUT2D eigenvalue weighted by Gasteiger charge is -2.09. The van der Waals surface area contributed by atoms with Gasteiger partial charge in [0, 0.05) is 14.9 Å². The highest BCUT2D eigenvalue weighted by molar-refractivity contribution is 14.1. The van der Waals surface area contributed by atoms with Crippen molar-refractivity contribution in [2.24, 2.45) is 0 Å². The van der Waals surface area contributed by atoms with Crippen LogP contribution in [0.2, 0.25) is 0 Å². The lowest BCUT2D eigenvalue weighted by molar-refractivity contribution is 1.53. The third kappa shape index (κ3) is 3.29. The van der Waals surface area contributed by atoms with Crippen molar-refractivity contribution in [3.63, 3.8) is 0 Å². The molecule has 116 valence electrons. The van der Waals surface area contributed by atoms with Crippen LogP contribution in [0.3, 0.4) is 0 Å². The Morgan fingerprint density at radius 3 is 1.83 bits per heavy atom. The molecule has 4 aromatic rings. The van der Waals surface area contributed by atoms with Crippen molar-refractivity contribution >= 4 is 44.7 Å². The van der Waals surface area contributed by atoms with Gasteiger partial charge in [-0.25, -0.2) is 0 Å². The van der Waals surface area contributed by atoms with Gasteiger partial charge in [-0.1, -0.05) is 48.5 Å². The zero-order chi connectivity index (χ0) is 16.4. The minimum Gasteiger partial charge on any atom is -0.356 e. The maximum absolute atomic E-state index is 3.44. The maximum Gasteiger partial charge on any atom is 0.0384 e. The van der Waals surface area contributed by atoms with E-state index in [1.54, 1.807) is 0 Å². The number of hydrogen-bond donors (Lipinski definition) is 1. The van der Waals surface area contributed by atoms with Crippen LogP contribution >= 0.6 is 22.6 Å². The summed E-state index contributed by atoms with van der Waals surface area (Å²) in [5.41, 5.74) is 4.68. The molecule has 0 aliphatic carbocycles. The third-order valence-corrected chi connectivity index (χ3v) is 4.82. The minimum absolute atomic E-state index is 1.10. The molecule has 0 saturated carbocycles. The van der Waals surface area contributed by atoms with E-state index in [0.29, 0.717) is 0 Å². The standard InChI is InChI=1S/C22H16IN/c23-20-9-13-22(14-10-20)24-21-11-7-17(8-12-21)19-6-5-16-3-1-2-4-18(16)15-19/h1-15,24H. The zero-order valence-corrected chi connectivity index (χ0v) is 15.2. The zero-order valence-electron chi connectivity index (χ0n) is 13.0. The average molecular weight is 421 g/mol. The number of nitrogens with one attached hydrogen (secondary N) is 1. The second-order valence-corrected chi connectivity index (χ2v) is 7.02. The second kappa shape index (κ2) is 6.65. The predicted molar refractivity (Wildman–Crippen MR) is 112 cm³/mol. The SMILES string of the molecule is Ic1ccc(Nc2ccc(-c3ccc4ccccc4c3)cc2)cc1. The summed E-state index contributed by atoms with van der Waals surface area (Å²) in [6, 6.07) is 32.1. The quantitative estimate of drug-likeness (QED) is 0.357. The smallest absolute Gasteiger partial charge is 0.0384 e. The molecular formula is C22H16IN. The molecular weight excluding hydrogens is 405 g/mol. The molecule has 0 amide bonds. The van der Waals surface area contributed by atoms with Gasteiger partial charge in [0.25, 0.3) is 0 Å². The summed E-state index contributed by atoms with van der Waals surface area (Å²) in [5, 5.41) is 5.99. The highest BCUT2D eigenvalue weighted by Gasteiger charge is 2.01. The van der Waals surface area contributed by atoms with Crippen molar-refractivity contribution in [2.75, 3.05) is 5.32 Å². The molecule has 1 N–H and O–H groups in total. The van der Waals surface area contributed by atoms with Crippen LogP contribution in [0.25, 0.3) is 21.9 Å². The monoisotopic (exact) mass is 421 g/mol. The molecule has 4 aromatic carbocycles. The van der Waals surface area contributed by atoms with Gasteiger partial charge < -0.3 is 5.32 Å². The molecule has 0 bridgehead atoms. The normalized spacial score (nSPS) is 10.7. The first kappa shape index (κ1) is 15.2. The van der Waals surface area contributed by atoms with E-state index in [2.05, 4.69) is 119 Å². The molecule has 24 heavy (non-hydrogen) atoms. The molecule has 4 rings (SSSR count). The third-order valence-electron chi connectivity index (χ3n) is 4.10. The van der Waals surface area contributed by atoms with Gasteiger partial charge in [0.1, 0.15) is 0 Å². The molecule has 0 spiro atoms. The Morgan fingerprint density at radius 2 is 1.12 bits per heavy atom. The van der Waals surface area contributed by atoms with Crippen LogP contribution in [0.15, 0.2) is 91.0 Å². The van der Waals surface area contributed by atoms with Gasteiger partial charge >= 0.3 is 0 Å². The van der Waals surface area contributed by atoms with Gasteiger partial charge in [0.2, 0.25) is 0 Å². The maximum atomic E-state index is 3.44. The minimum atomic E-state index is 1.10. The molecule has 0 atom stereocenters. The van der Waals surface area contributed by atoms with Crippen LogP contribution in [0.1, 0.15) is 0 Å². The van der Waals surface area contributed by atoms with Gasteiger partial charge in [0.05, 0.1) is 0 Å². The summed E-state index contributed by atoms with van der Waals surface area (Å²) in [7, 11) is 0. The van der Waals surface area contributed by atoms with Crippen molar-refractivity contribution < 1.29 is 0 Å². The topological polar surface area (TPSA) is 12.0 Å². The first-order valence-corrected chi connectivity index (χ1v) is 8.98. The summed E-state index contributed by atoms with van der Waals surface area (Å²) in [6.07, 6.45) is 0. The second-order valence-electron chi connectivity index (χ2n) is 5.77. The molecule has 0 aliphatic rings. The van der Waals surface area contributed by atoms with E-state index in [0.717, 1.165) is 11.4 Å². The number of hydrogen-bond acceptors (Lipinski definition) is 1. The summed E-state index contributed by atoms with van der Waals surface area (Å²) >= 11 is 2.32. The molecule has 0 fully saturated rings. The molecule has 0 aliphatic heterocycles. The van der Waals surface area contributed by atoms with Crippen molar-refractivity contribution in [1.29, 1.82) is 0 Å². The Labute approximate surface area is 155 Å². The van der Waals surface area contributed by atoms with Gasteiger partial charge in [-0.2, -0.15) is 0 Å². The summed E-state index contributed by atoms with van der Waals surface area (Å²) < 4.78 is 1.24. The van der Waals surface area contributed by atoms with E-state index in [1.165, 1.54) is 25.5 Å². The molecule has 0 aromatic heterocycles. The van der Waals surface area contributed by atoms with Crippen molar-refractivity contribution in [1.82, 2.24) is 0 Å². The van der Waals surface area contributed by atoms with Gasteiger partial charge in [0.15, 0.2) is 0 Å². The van der Waals surface area contributed by atoms with E-state index < -0.39 is 0 Å². The highest BCUT2D eigenvalue weighted by atomic mass is 127. The molecule has 0 heterocycles. The van der Waals surface area contributed by atoms with Crippen molar-refractivity contribution in [3.8, 4) is 11.1 Å². The number of anilines is 2. The van der Waals surface area contributed by atoms with Gasteiger partial charge in [-0.05, 0) is 87.0 Å². The number of halogens is 1. The Hall–Kier alpha value is -2.33. The number of rotatable bonds is 3. The first-order valence-electron chi connectivity index (χ1n) is 7.90. The molecule has 0 unspecified atom stereocenters. The van der Waals surface area contributed by atoms with Crippen molar-refractivity contribution in [2.45, 2.75) is 0 Å². The number of benzene rings is 4. The molecule has 0 saturated heterocycles. The summed E-state index contributed by atoms with van der Waals surface area (Å²) in [5.74, 6) is 0. The fourth-order valence-electron chi connectivity index (χ4n) is 2.81. The predicted octanol–water partition coefficient (Wildman–Crippen LogP) is 6.86. The van der Waals surface area contributed by atoms with E-state index >= 15 is 0 Å². The van der Waals surface area contributed by atoms with E-state index in [1.807, 2.05) is 0 Å². The lowest BCUT2D eigenvalue weighted by atomic mass is 10.0. The van der Waals surface area contributed by atoms with E-state index in [9.17, 15) is 0 Å². The number of fused-ring (bicyclic) bond motifs is 1. The molecule has 0 radical (unpaired) electrons. The van der Waals surface area contributed by atoms with Gasteiger partial charge in [-0.3, -0.25) is 0 Å². The average Bonchev–Trinajstić information content (AvgIpc) is 2.64. The molecule has 2 heteroatoms. The van der Waals surface area contributed by atoms with Crippen LogP contribution in [0.5, 0.6) is 0 Å². The Balaban J connectivity index is 1.59. The van der Waals surface area contributed by atoms with Crippen LogP contribution in [0.4, 0.5) is 11.4 Å². The van der Waals surface area contributed by atoms with Crippen molar-refractivity contribution in [3.05, 3.63) is 94.6 Å². The molecule has 1 nitrogen and oxygen atoms in total. The fourth-order valence-corrected chi connectivity index (χ4v) is 3.17. The van der Waals surface area contributed by atoms with Gasteiger partial charge in [-0.15, -0.1) is 0 Å². The summed E-state index contributed by atoms with van der Waals surface area (Å²) in [6.45, 7) is 0. The Kier molecular flexibility index (Phi) is 4.22. The van der Waals surface area contributed by atoms with E-state index in [-0.39, 0.29) is 0 Å². The Bertz CT molecular complexity index is 973. The first-order chi connectivity index (χ1) is 11.8. The van der Waals surface area contributed by atoms with Crippen LogP contribution in [-0.2, 0) is 0 Å². The van der Waals surface area contributed by atoms with Crippen LogP contribution in [0, 0.1) is 3.57 Å². The van der Waals surface area contributed by atoms with E-state index in [4.69, 9.17) is 0 Å². The Morgan fingerprint density at radius 1 is 0.542 bits per heavy atom. The van der Waals surface area contributed by atoms with Crippen LogP contribution < -0.4 is 5.32 Å². The lowest BCUT2D eigenvalue weighted by Crippen LogP contribution is -1.90.